The molecule has 2 fully saturated rings. The Bertz CT molecular complexity index is 1580. The maximum atomic E-state index is 13.3. The molecule has 2 saturated heterocycles. The number of ether oxygens (including phenoxy) is 4. The number of hydrogen-bond donors (Lipinski definition) is 9. The molecule has 14 nitrogen and oxygen atoms in total. The van der Waals surface area contributed by atoms with Crippen LogP contribution in [0.1, 0.15) is 322 Å². The number of allylic oxidation sites excluding steroid dienone is 5. The second kappa shape index (κ2) is 57.1. The van der Waals surface area contributed by atoms with Gasteiger partial charge in [0.25, 0.3) is 0 Å². The highest BCUT2D eigenvalue weighted by atomic mass is 16.7. The molecule has 2 aliphatic rings. The summed E-state index contributed by atoms with van der Waals surface area (Å²) in [6.07, 6.45) is 56.5. The van der Waals surface area contributed by atoms with Crippen LogP contribution in [0.3, 0.4) is 0 Å². The van der Waals surface area contributed by atoms with Gasteiger partial charge in [0.05, 0.1) is 32.0 Å². The molecule has 9 N–H and O–H groups in total. The van der Waals surface area contributed by atoms with Crippen molar-refractivity contribution in [3.05, 3.63) is 36.5 Å². The first-order valence-electron chi connectivity index (χ1n) is 36.2. The van der Waals surface area contributed by atoms with Gasteiger partial charge in [-0.1, -0.05) is 307 Å². The second-order valence-corrected chi connectivity index (χ2v) is 25.7. The van der Waals surface area contributed by atoms with E-state index in [2.05, 4.69) is 43.5 Å². The van der Waals surface area contributed by atoms with Crippen molar-refractivity contribution < 1.29 is 64.6 Å². The maximum Gasteiger partial charge on any atom is 0.220 e. The first-order valence-corrected chi connectivity index (χ1v) is 36.2. The van der Waals surface area contributed by atoms with E-state index in [-0.39, 0.29) is 18.9 Å². The molecule has 0 aliphatic carbocycles. The summed E-state index contributed by atoms with van der Waals surface area (Å²) in [6.45, 7) is 2.82. The van der Waals surface area contributed by atoms with Crippen molar-refractivity contribution in [2.75, 3.05) is 19.8 Å². The van der Waals surface area contributed by atoms with Crippen molar-refractivity contribution >= 4 is 5.91 Å². The Morgan fingerprint density at radius 2 is 0.744 bits per heavy atom. The number of unbranched alkanes of at least 4 members (excludes halogenated alkanes) is 43. The summed E-state index contributed by atoms with van der Waals surface area (Å²) < 4.78 is 22.8. The van der Waals surface area contributed by atoms with Gasteiger partial charge in [0.2, 0.25) is 5.91 Å². The standard InChI is InChI=1S/C72H135NO13/c1-3-5-7-9-11-13-15-17-19-21-23-25-26-27-28-29-30-31-32-33-34-36-38-40-42-44-46-48-50-52-54-56-64(77)73-60(61(76)55-53-51-49-47-45-43-41-39-37-35-24-22-20-18-16-14-12-10-8-6-4-2)59-83-71-69(82)67(80)70(63(58-75)85-71)86-72-68(81)66(79)65(78)62(57-74)84-72/h37,39,45,47,53,55,60-63,65-72,74-76,78-82H,3-36,38,40-44,46,48-52,54,56-59H2,1-2H3,(H,73,77)/b39-37+,47-45+,55-53+. The molecule has 506 valence electrons. The first kappa shape index (κ1) is 80.3. The highest BCUT2D eigenvalue weighted by Gasteiger charge is 2.51. The lowest BCUT2D eigenvalue weighted by molar-refractivity contribution is -0.359. The zero-order valence-corrected chi connectivity index (χ0v) is 55.1. The predicted octanol–water partition coefficient (Wildman–Crippen LogP) is 14.9. The average molecular weight is 1220 g/mol. The van der Waals surface area contributed by atoms with Crippen LogP contribution in [0, 0.1) is 0 Å². The molecular formula is C72H135NO13. The Morgan fingerprint density at radius 1 is 0.407 bits per heavy atom. The minimum absolute atomic E-state index is 0.247. The van der Waals surface area contributed by atoms with Gasteiger partial charge in [0.1, 0.15) is 48.8 Å². The molecule has 1 amide bonds. The van der Waals surface area contributed by atoms with E-state index in [1.165, 1.54) is 244 Å². The largest absolute Gasteiger partial charge is 0.394 e. The summed E-state index contributed by atoms with van der Waals surface area (Å²) in [4.78, 5) is 13.3. The Kier molecular flexibility index (Phi) is 53.4. The molecular weight excluding hydrogens is 1090 g/mol. The summed E-state index contributed by atoms with van der Waals surface area (Å²) in [5, 5.41) is 87.4. The van der Waals surface area contributed by atoms with E-state index in [0.717, 1.165) is 44.9 Å². The Labute approximate surface area is 525 Å². The summed E-state index contributed by atoms with van der Waals surface area (Å²) in [5.74, 6) is -0.247. The summed E-state index contributed by atoms with van der Waals surface area (Å²) in [6, 6.07) is -0.937. The van der Waals surface area contributed by atoms with Gasteiger partial charge in [-0.2, -0.15) is 0 Å². The van der Waals surface area contributed by atoms with E-state index >= 15 is 0 Å². The molecule has 0 radical (unpaired) electrons. The van der Waals surface area contributed by atoms with Crippen LogP contribution in [0.5, 0.6) is 0 Å². The van der Waals surface area contributed by atoms with E-state index in [4.69, 9.17) is 18.9 Å². The number of rotatable bonds is 60. The monoisotopic (exact) mass is 1220 g/mol. The van der Waals surface area contributed by atoms with Gasteiger partial charge in [-0.15, -0.1) is 0 Å². The maximum absolute atomic E-state index is 13.3. The summed E-state index contributed by atoms with van der Waals surface area (Å²) >= 11 is 0. The van der Waals surface area contributed by atoms with E-state index in [0.29, 0.717) is 12.8 Å². The fourth-order valence-electron chi connectivity index (χ4n) is 12.0. The molecule has 0 aromatic carbocycles. The molecule has 12 atom stereocenters. The Morgan fingerprint density at radius 3 is 1.14 bits per heavy atom. The van der Waals surface area contributed by atoms with E-state index in [1.54, 1.807) is 6.08 Å². The molecule has 0 saturated carbocycles. The van der Waals surface area contributed by atoms with Gasteiger partial charge >= 0.3 is 0 Å². The lowest BCUT2D eigenvalue weighted by Crippen LogP contribution is -2.65. The van der Waals surface area contributed by atoms with Crippen molar-refractivity contribution in [1.82, 2.24) is 5.32 Å². The average Bonchev–Trinajstić information content (AvgIpc) is 2.54. The van der Waals surface area contributed by atoms with Crippen LogP contribution in [0.25, 0.3) is 0 Å². The van der Waals surface area contributed by atoms with Gasteiger partial charge < -0.3 is 65.1 Å². The zero-order chi connectivity index (χ0) is 62.3. The van der Waals surface area contributed by atoms with Gasteiger partial charge in [0, 0.05) is 6.42 Å². The molecule has 86 heavy (non-hydrogen) atoms. The van der Waals surface area contributed by atoms with Gasteiger partial charge in [-0.05, 0) is 44.9 Å². The lowest BCUT2D eigenvalue weighted by atomic mass is 9.97. The minimum atomic E-state index is -1.79. The minimum Gasteiger partial charge on any atom is -0.394 e. The highest BCUT2D eigenvalue weighted by Crippen LogP contribution is 2.30. The molecule has 2 heterocycles. The summed E-state index contributed by atoms with van der Waals surface area (Å²) in [5.41, 5.74) is 0. The van der Waals surface area contributed by atoms with E-state index < -0.39 is 86.8 Å². The third kappa shape index (κ3) is 40.8. The molecule has 2 aliphatic heterocycles. The van der Waals surface area contributed by atoms with Crippen LogP contribution in [0.2, 0.25) is 0 Å². The van der Waals surface area contributed by atoms with Gasteiger partial charge in [-0.25, -0.2) is 0 Å². The normalized spacial score (nSPS) is 23.6. The SMILES string of the molecule is CCCCCCCCCCCCC/C=C/CC/C=C/CC/C=C/C(O)C(COC1OC(CO)C(OC2OC(CO)C(O)C(O)C2O)C(O)C1O)NC(=O)CCCCCCCCCCCCCCCCCCCCCCCCCCCCCCCCC. The molecule has 12 unspecified atom stereocenters. The number of carbonyl (C=O) groups is 1. The quantitative estimate of drug-likeness (QED) is 0.0204. The molecule has 0 spiro atoms. The lowest BCUT2D eigenvalue weighted by Gasteiger charge is -2.46. The van der Waals surface area contributed by atoms with Crippen LogP contribution in [-0.2, 0) is 23.7 Å². The van der Waals surface area contributed by atoms with Crippen molar-refractivity contribution in [3.63, 3.8) is 0 Å². The fraction of sp³-hybridized carbons (Fsp3) is 0.903. The van der Waals surface area contributed by atoms with Crippen molar-refractivity contribution in [2.24, 2.45) is 0 Å². The Balaban J connectivity index is 1.66. The fourth-order valence-corrected chi connectivity index (χ4v) is 12.0. The zero-order valence-electron chi connectivity index (χ0n) is 55.1. The molecule has 0 aromatic rings. The summed E-state index contributed by atoms with van der Waals surface area (Å²) in [7, 11) is 0. The number of aliphatic hydroxyl groups excluding tert-OH is 8. The van der Waals surface area contributed by atoms with Crippen LogP contribution in [0.15, 0.2) is 36.5 Å². The first-order chi connectivity index (χ1) is 42.1. The molecule has 0 bridgehead atoms. The van der Waals surface area contributed by atoms with Gasteiger partial charge in [0.15, 0.2) is 12.6 Å². The van der Waals surface area contributed by atoms with E-state index in [9.17, 15) is 45.6 Å². The van der Waals surface area contributed by atoms with Crippen molar-refractivity contribution in [2.45, 2.75) is 396 Å². The number of nitrogens with one attached hydrogen (secondary N) is 1. The third-order valence-electron chi connectivity index (χ3n) is 17.8. The molecule has 2 rings (SSSR count). The molecule has 14 heteroatoms. The number of carbonyl (C=O) groups excluding carboxylic acids is 1. The molecule has 0 aromatic heterocycles. The van der Waals surface area contributed by atoms with Crippen molar-refractivity contribution in [3.8, 4) is 0 Å². The van der Waals surface area contributed by atoms with Gasteiger partial charge in [-0.3, -0.25) is 4.79 Å². The third-order valence-corrected chi connectivity index (χ3v) is 17.8. The highest BCUT2D eigenvalue weighted by molar-refractivity contribution is 5.76. The predicted molar refractivity (Wildman–Crippen MR) is 351 cm³/mol. The van der Waals surface area contributed by atoms with Crippen LogP contribution >= 0.6 is 0 Å². The van der Waals surface area contributed by atoms with Crippen LogP contribution < -0.4 is 5.32 Å². The second-order valence-electron chi connectivity index (χ2n) is 25.7. The topological polar surface area (TPSA) is 228 Å². The number of amides is 1. The number of aliphatic hydroxyl groups is 8. The Hall–Kier alpha value is -1.79. The van der Waals surface area contributed by atoms with Crippen LogP contribution in [0.4, 0.5) is 0 Å². The van der Waals surface area contributed by atoms with Crippen LogP contribution in [-0.4, -0.2) is 140 Å². The number of hydrogen-bond acceptors (Lipinski definition) is 13. The van der Waals surface area contributed by atoms with E-state index in [1.807, 2.05) is 6.08 Å². The smallest absolute Gasteiger partial charge is 0.220 e. The van der Waals surface area contributed by atoms with Crippen molar-refractivity contribution in [1.29, 1.82) is 0 Å².